The molecule has 0 aromatic heterocycles. The Labute approximate surface area is 191 Å². The van der Waals surface area contributed by atoms with Gasteiger partial charge in [-0.05, 0) is 55.6 Å². The van der Waals surface area contributed by atoms with Crippen LogP contribution in [-0.2, 0) is 9.59 Å². The number of rotatable bonds is 7. The Balaban J connectivity index is 1.37. The number of hydrogen-bond donors (Lipinski definition) is 0. The minimum atomic E-state index is -0.129. The highest BCUT2D eigenvalue weighted by molar-refractivity contribution is 5.80. The third-order valence-corrected chi connectivity index (χ3v) is 6.87. The number of fused-ring (bicyclic) bond motifs is 1. The van der Waals surface area contributed by atoms with Crippen molar-refractivity contribution in [3.05, 3.63) is 83.6 Å². The van der Waals surface area contributed by atoms with E-state index in [9.17, 15) is 9.59 Å². The van der Waals surface area contributed by atoms with Crippen LogP contribution in [0, 0.1) is 5.92 Å². The van der Waals surface area contributed by atoms with Crippen molar-refractivity contribution in [3.8, 4) is 0 Å². The smallest absolute Gasteiger partial charge is 0.226 e. The summed E-state index contributed by atoms with van der Waals surface area (Å²) < 4.78 is 0. The maximum Gasteiger partial charge on any atom is 0.226 e. The SMILES string of the molecule is CN(C(=O)CCCC(=O)N1CCCC2CCCC=C21)C(c1ccccc1)c1ccccc1. The van der Waals surface area contributed by atoms with E-state index < -0.39 is 0 Å². The van der Waals surface area contributed by atoms with Gasteiger partial charge in [-0.2, -0.15) is 0 Å². The Kier molecular flexibility index (Phi) is 7.41. The summed E-state index contributed by atoms with van der Waals surface area (Å²) in [5, 5.41) is 0. The molecule has 2 aromatic rings. The van der Waals surface area contributed by atoms with Crippen molar-refractivity contribution in [2.45, 2.75) is 57.4 Å². The van der Waals surface area contributed by atoms with Crippen LogP contribution in [0.1, 0.15) is 68.5 Å². The van der Waals surface area contributed by atoms with Gasteiger partial charge in [-0.3, -0.25) is 9.59 Å². The van der Waals surface area contributed by atoms with Gasteiger partial charge in [-0.15, -0.1) is 0 Å². The highest BCUT2D eigenvalue weighted by atomic mass is 16.2. The zero-order valence-corrected chi connectivity index (χ0v) is 19.1. The van der Waals surface area contributed by atoms with Crippen LogP contribution in [0.5, 0.6) is 0 Å². The van der Waals surface area contributed by atoms with E-state index in [2.05, 4.69) is 30.3 Å². The van der Waals surface area contributed by atoms with E-state index in [1.54, 1.807) is 0 Å². The van der Waals surface area contributed by atoms with E-state index in [0.717, 1.165) is 30.5 Å². The Hall–Kier alpha value is -2.88. The molecule has 32 heavy (non-hydrogen) atoms. The van der Waals surface area contributed by atoms with Crippen LogP contribution in [0.3, 0.4) is 0 Å². The van der Waals surface area contributed by atoms with Crippen LogP contribution >= 0.6 is 0 Å². The van der Waals surface area contributed by atoms with Crippen molar-refractivity contribution in [2.24, 2.45) is 5.92 Å². The fourth-order valence-corrected chi connectivity index (χ4v) is 5.20. The van der Waals surface area contributed by atoms with Crippen LogP contribution in [0.15, 0.2) is 72.4 Å². The van der Waals surface area contributed by atoms with Crippen LogP contribution < -0.4 is 0 Å². The first-order chi connectivity index (χ1) is 15.6. The molecule has 4 heteroatoms. The van der Waals surface area contributed by atoms with E-state index >= 15 is 0 Å². The summed E-state index contributed by atoms with van der Waals surface area (Å²) in [5.74, 6) is 0.816. The standard InChI is InChI=1S/C28H34N2O2/c1-29(28(23-13-4-2-5-14-23)24-15-6-3-7-16-24)26(31)19-10-20-27(32)30-21-11-17-22-12-8-9-18-25(22)30/h2-7,13-16,18,22,28H,8-12,17,19-21H2,1H3. The summed E-state index contributed by atoms with van der Waals surface area (Å²) in [6.07, 6.45) is 9.50. The molecule has 0 saturated carbocycles. The first-order valence-electron chi connectivity index (χ1n) is 12.0. The first-order valence-corrected chi connectivity index (χ1v) is 12.0. The maximum atomic E-state index is 13.1. The predicted octanol–water partition coefficient (Wildman–Crippen LogP) is 5.71. The molecule has 0 N–H and O–H groups in total. The molecule has 168 valence electrons. The van der Waals surface area contributed by atoms with Crippen LogP contribution in [-0.4, -0.2) is 35.2 Å². The Bertz CT molecular complexity index is 899. The molecule has 0 bridgehead atoms. The van der Waals surface area contributed by atoms with Gasteiger partial charge in [-0.1, -0.05) is 66.7 Å². The number of hydrogen-bond acceptors (Lipinski definition) is 2. The zero-order chi connectivity index (χ0) is 22.3. The molecule has 0 radical (unpaired) electrons. The van der Waals surface area contributed by atoms with E-state index in [-0.39, 0.29) is 17.9 Å². The Morgan fingerprint density at radius 3 is 2.22 bits per heavy atom. The molecule has 0 spiro atoms. The lowest BCUT2D eigenvalue weighted by Crippen LogP contribution is -2.39. The van der Waals surface area contributed by atoms with E-state index in [1.165, 1.54) is 25.0 Å². The minimum absolute atomic E-state index is 0.0731. The molecular weight excluding hydrogens is 396 g/mol. The van der Waals surface area contributed by atoms with Crippen molar-refractivity contribution < 1.29 is 9.59 Å². The largest absolute Gasteiger partial charge is 0.335 e. The molecule has 4 nitrogen and oxygen atoms in total. The third kappa shape index (κ3) is 5.12. The van der Waals surface area contributed by atoms with E-state index in [0.29, 0.717) is 25.2 Å². The quantitative estimate of drug-likeness (QED) is 0.564. The summed E-state index contributed by atoms with van der Waals surface area (Å²) >= 11 is 0. The number of carbonyl (C=O) groups excluding carboxylic acids is 2. The molecule has 2 aliphatic rings. The van der Waals surface area contributed by atoms with Crippen molar-refractivity contribution in [1.82, 2.24) is 9.80 Å². The van der Waals surface area contributed by atoms with Gasteiger partial charge in [0.2, 0.25) is 11.8 Å². The van der Waals surface area contributed by atoms with E-state index in [4.69, 9.17) is 0 Å². The molecule has 2 aromatic carbocycles. The Morgan fingerprint density at radius 1 is 0.938 bits per heavy atom. The maximum absolute atomic E-state index is 13.1. The summed E-state index contributed by atoms with van der Waals surface area (Å²) in [6, 6.07) is 20.1. The highest BCUT2D eigenvalue weighted by Gasteiger charge is 2.30. The Morgan fingerprint density at radius 2 is 1.56 bits per heavy atom. The predicted molar refractivity (Wildman–Crippen MR) is 128 cm³/mol. The molecule has 1 unspecified atom stereocenters. The number of piperidine rings is 1. The molecule has 1 atom stereocenters. The molecule has 4 rings (SSSR count). The lowest BCUT2D eigenvalue weighted by Gasteiger charge is -2.38. The second-order valence-corrected chi connectivity index (χ2v) is 9.03. The number of benzene rings is 2. The molecule has 1 aliphatic carbocycles. The second kappa shape index (κ2) is 10.6. The monoisotopic (exact) mass is 430 g/mol. The fraction of sp³-hybridized carbons (Fsp3) is 0.429. The van der Waals surface area contributed by atoms with Gasteiger partial charge >= 0.3 is 0 Å². The second-order valence-electron chi connectivity index (χ2n) is 9.03. The van der Waals surface area contributed by atoms with Gasteiger partial charge in [0, 0.05) is 32.1 Å². The van der Waals surface area contributed by atoms with Crippen molar-refractivity contribution in [2.75, 3.05) is 13.6 Å². The van der Waals surface area contributed by atoms with E-state index in [1.807, 2.05) is 53.2 Å². The summed E-state index contributed by atoms with van der Waals surface area (Å²) in [4.78, 5) is 29.9. The van der Waals surface area contributed by atoms with Crippen molar-refractivity contribution in [1.29, 1.82) is 0 Å². The zero-order valence-electron chi connectivity index (χ0n) is 19.1. The molecular formula is C28H34N2O2. The normalized spacial score (nSPS) is 18.1. The molecule has 2 amide bonds. The molecule has 1 aliphatic heterocycles. The average Bonchev–Trinajstić information content (AvgIpc) is 2.85. The third-order valence-electron chi connectivity index (χ3n) is 6.87. The lowest BCUT2D eigenvalue weighted by molar-refractivity contribution is -0.132. The minimum Gasteiger partial charge on any atom is -0.335 e. The number of carbonyl (C=O) groups is 2. The number of amides is 2. The fourth-order valence-electron chi connectivity index (χ4n) is 5.20. The van der Waals surface area contributed by atoms with Crippen LogP contribution in [0.25, 0.3) is 0 Å². The van der Waals surface area contributed by atoms with Gasteiger partial charge in [0.1, 0.15) is 0 Å². The van der Waals surface area contributed by atoms with Crippen molar-refractivity contribution >= 4 is 11.8 Å². The topological polar surface area (TPSA) is 40.6 Å². The van der Waals surface area contributed by atoms with Gasteiger partial charge in [0.25, 0.3) is 0 Å². The molecule has 1 fully saturated rings. The number of nitrogens with zero attached hydrogens (tertiary/aromatic N) is 2. The summed E-state index contributed by atoms with van der Waals surface area (Å²) in [6.45, 7) is 0.832. The van der Waals surface area contributed by atoms with Crippen LogP contribution in [0.4, 0.5) is 0 Å². The summed E-state index contributed by atoms with van der Waals surface area (Å²) in [7, 11) is 1.87. The molecule has 1 saturated heterocycles. The molecule has 1 heterocycles. The van der Waals surface area contributed by atoms with Crippen LogP contribution in [0.2, 0.25) is 0 Å². The number of allylic oxidation sites excluding steroid dienone is 2. The van der Waals surface area contributed by atoms with Gasteiger partial charge in [-0.25, -0.2) is 0 Å². The van der Waals surface area contributed by atoms with Gasteiger partial charge in [0.15, 0.2) is 0 Å². The number of likely N-dealkylation sites (tertiary alicyclic amines) is 1. The summed E-state index contributed by atoms with van der Waals surface area (Å²) in [5.41, 5.74) is 3.44. The first kappa shape index (κ1) is 22.3. The van der Waals surface area contributed by atoms with Gasteiger partial charge < -0.3 is 9.80 Å². The van der Waals surface area contributed by atoms with Crippen molar-refractivity contribution in [3.63, 3.8) is 0 Å². The average molecular weight is 431 g/mol. The lowest BCUT2D eigenvalue weighted by atomic mass is 9.85. The highest BCUT2D eigenvalue weighted by Crippen LogP contribution is 2.35. The van der Waals surface area contributed by atoms with Gasteiger partial charge in [0.05, 0.1) is 6.04 Å².